The maximum Gasteiger partial charge on any atom is 0.347 e. The molecule has 0 rings (SSSR count). The SMILES string of the molecule is [N-]=[N+]=NNNC(N)=O. The molecule has 0 radical (unpaired) electrons. The number of hydrogen-bond acceptors (Lipinski definition) is 2. The molecule has 0 aliphatic heterocycles. The van der Waals surface area contributed by atoms with E-state index in [4.69, 9.17) is 5.53 Å². The van der Waals surface area contributed by atoms with Gasteiger partial charge in [0.05, 0.1) is 0 Å². The maximum absolute atomic E-state index is 9.74. The van der Waals surface area contributed by atoms with Crippen molar-refractivity contribution in [2.45, 2.75) is 0 Å². The molecule has 0 bridgehead atoms. The number of amides is 2. The fraction of sp³-hybridized carbons (Fsp3) is 0. The molecule has 0 unspecified atom stereocenters. The molecule has 44 valence electrons. The van der Waals surface area contributed by atoms with Gasteiger partial charge in [0.15, 0.2) is 0 Å². The van der Waals surface area contributed by atoms with Crippen LogP contribution in [0.3, 0.4) is 0 Å². The third-order valence-electron chi connectivity index (χ3n) is 0.274. The molecule has 0 heterocycles. The fourth-order valence-corrected chi connectivity index (χ4v) is 0.102. The lowest BCUT2D eigenvalue weighted by Crippen LogP contribution is -2.37. The minimum Gasteiger partial charge on any atom is -0.349 e. The summed E-state index contributed by atoms with van der Waals surface area (Å²) in [6.45, 7) is 0. The monoisotopic (exact) mass is 116 g/mol. The highest BCUT2D eigenvalue weighted by molar-refractivity contribution is 5.70. The molecule has 0 aliphatic rings. The highest BCUT2D eigenvalue weighted by atomic mass is 16.2. The van der Waals surface area contributed by atoms with E-state index >= 15 is 0 Å². The Morgan fingerprint density at radius 3 is 2.88 bits per heavy atom. The second-order valence-corrected chi connectivity index (χ2v) is 0.790. The third-order valence-corrected chi connectivity index (χ3v) is 0.274. The molecule has 0 spiro atoms. The first-order valence-corrected chi connectivity index (χ1v) is 1.62. The number of hydrazine groups is 1. The molecule has 7 nitrogen and oxygen atoms in total. The molecule has 7 heteroatoms. The van der Waals surface area contributed by atoms with Gasteiger partial charge < -0.3 is 5.73 Å². The van der Waals surface area contributed by atoms with Crippen LogP contribution in [0, 0.1) is 0 Å². The Kier molecular flexibility index (Phi) is 2.84. The predicted octanol–water partition coefficient (Wildman–Crippen LogP) is -0.615. The van der Waals surface area contributed by atoms with Gasteiger partial charge in [-0.3, -0.25) is 0 Å². The Labute approximate surface area is 44.4 Å². The number of nitrogens with two attached hydrogens (primary N) is 1. The highest BCUT2D eigenvalue weighted by Gasteiger charge is 1.84. The van der Waals surface area contributed by atoms with E-state index < -0.39 is 6.03 Å². The van der Waals surface area contributed by atoms with Crippen molar-refractivity contribution in [3.63, 3.8) is 0 Å². The zero-order valence-corrected chi connectivity index (χ0v) is 3.83. The number of carbonyl (C=O) groups excluding carboxylic acids is 1. The number of urea groups is 1. The zero-order chi connectivity index (χ0) is 6.41. The summed E-state index contributed by atoms with van der Waals surface area (Å²) in [7, 11) is 0. The Morgan fingerprint density at radius 1 is 1.88 bits per heavy atom. The molecule has 0 aliphatic carbocycles. The average Bonchev–Trinajstić information content (AvgIpc) is 1.66. The van der Waals surface area contributed by atoms with Gasteiger partial charge >= 0.3 is 6.03 Å². The lowest BCUT2D eigenvalue weighted by Gasteiger charge is -1.88. The zero-order valence-electron chi connectivity index (χ0n) is 3.83. The topological polar surface area (TPSA) is 116 Å². The highest BCUT2D eigenvalue weighted by Crippen LogP contribution is 1.53. The van der Waals surface area contributed by atoms with Crippen molar-refractivity contribution >= 4 is 6.03 Å². The maximum atomic E-state index is 9.74. The van der Waals surface area contributed by atoms with Crippen molar-refractivity contribution in [1.29, 1.82) is 0 Å². The van der Waals surface area contributed by atoms with Gasteiger partial charge in [-0.15, -0.1) is 5.53 Å². The normalized spacial score (nSPS) is 6.50. The standard InChI is InChI=1S/CH4N6O/c2-1(8)4-6-7-5-3/h6H,(H3,2,4,8). The van der Waals surface area contributed by atoms with Crippen molar-refractivity contribution in [3.05, 3.63) is 10.4 Å². The molecule has 4 N–H and O–H groups in total. The third kappa shape index (κ3) is 4.38. The van der Waals surface area contributed by atoms with Gasteiger partial charge in [0.2, 0.25) is 0 Å². The van der Waals surface area contributed by atoms with Crippen LogP contribution in [0.15, 0.2) is 5.22 Å². The molecule has 0 saturated heterocycles. The molecule has 0 aromatic rings. The summed E-state index contributed by atoms with van der Waals surface area (Å²) in [5.74, 6) is 0. The lowest BCUT2D eigenvalue weighted by molar-refractivity contribution is 0.245. The summed E-state index contributed by atoms with van der Waals surface area (Å²) in [4.78, 5) is 12.0. The van der Waals surface area contributed by atoms with Gasteiger partial charge in [0.1, 0.15) is 0 Å². The number of hydrogen-bond donors (Lipinski definition) is 3. The number of carbonyl (C=O) groups is 1. The Balaban J connectivity index is 3.18. The van der Waals surface area contributed by atoms with Crippen LogP contribution in [0.4, 0.5) is 4.79 Å². The van der Waals surface area contributed by atoms with Crippen molar-refractivity contribution in [1.82, 2.24) is 11.0 Å². The summed E-state index contributed by atoms with van der Waals surface area (Å²) < 4.78 is 0. The van der Waals surface area contributed by atoms with Crippen molar-refractivity contribution in [3.8, 4) is 0 Å². The lowest BCUT2D eigenvalue weighted by atomic mass is 11.2. The molecular formula is CH4N6O. The van der Waals surface area contributed by atoms with Gasteiger partial charge in [0, 0.05) is 5.22 Å². The van der Waals surface area contributed by atoms with Gasteiger partial charge in [-0.05, 0) is 0 Å². The minimum atomic E-state index is -0.808. The summed E-state index contributed by atoms with van der Waals surface area (Å²) in [5, 5.41) is 2.73. The van der Waals surface area contributed by atoms with E-state index in [2.05, 4.69) is 15.9 Å². The molecular weight excluding hydrogens is 112 g/mol. The van der Waals surface area contributed by atoms with Crippen LogP contribution in [0.1, 0.15) is 0 Å². The number of nitrogens with one attached hydrogen (secondary N) is 2. The molecule has 2 amide bonds. The van der Waals surface area contributed by atoms with Crippen LogP contribution < -0.4 is 16.7 Å². The average molecular weight is 116 g/mol. The quantitative estimate of drug-likeness (QED) is 0.193. The van der Waals surface area contributed by atoms with E-state index in [1.807, 2.05) is 11.0 Å². The van der Waals surface area contributed by atoms with Crippen molar-refractivity contribution in [2.24, 2.45) is 11.0 Å². The van der Waals surface area contributed by atoms with Gasteiger partial charge in [-0.2, -0.15) is 15.9 Å². The van der Waals surface area contributed by atoms with E-state index in [9.17, 15) is 4.79 Å². The van der Waals surface area contributed by atoms with E-state index in [1.54, 1.807) is 0 Å². The van der Waals surface area contributed by atoms with E-state index in [0.717, 1.165) is 0 Å². The number of nitrogens with zero attached hydrogens (tertiary/aromatic N) is 3. The van der Waals surface area contributed by atoms with Gasteiger partial charge in [0.25, 0.3) is 0 Å². The van der Waals surface area contributed by atoms with Crippen LogP contribution in [-0.4, -0.2) is 6.03 Å². The van der Waals surface area contributed by atoms with E-state index in [-0.39, 0.29) is 0 Å². The number of primary amides is 1. The molecule has 0 aromatic carbocycles. The molecule has 0 aromatic heterocycles. The smallest absolute Gasteiger partial charge is 0.347 e. The van der Waals surface area contributed by atoms with E-state index in [0.29, 0.717) is 0 Å². The fourth-order valence-electron chi connectivity index (χ4n) is 0.102. The molecule has 8 heavy (non-hydrogen) atoms. The first kappa shape index (κ1) is 6.38. The molecule has 0 fully saturated rings. The summed E-state index contributed by atoms with van der Waals surface area (Å²) in [5.41, 5.74) is 15.8. The minimum absolute atomic E-state index is 0.808. The van der Waals surface area contributed by atoms with Gasteiger partial charge in [-0.1, -0.05) is 0 Å². The second-order valence-electron chi connectivity index (χ2n) is 0.790. The predicted molar refractivity (Wildman–Crippen MR) is 25.0 cm³/mol. The van der Waals surface area contributed by atoms with E-state index in [1.165, 1.54) is 0 Å². The summed E-state index contributed by atoms with van der Waals surface area (Å²) >= 11 is 0. The van der Waals surface area contributed by atoms with Crippen LogP contribution in [0.5, 0.6) is 0 Å². The van der Waals surface area contributed by atoms with Crippen LogP contribution >= 0.6 is 0 Å². The van der Waals surface area contributed by atoms with Crippen LogP contribution in [-0.2, 0) is 0 Å². The number of azide groups is 1. The van der Waals surface area contributed by atoms with Crippen molar-refractivity contribution in [2.75, 3.05) is 0 Å². The van der Waals surface area contributed by atoms with Crippen LogP contribution in [0.25, 0.3) is 10.4 Å². The summed E-state index contributed by atoms with van der Waals surface area (Å²) in [6.07, 6.45) is 0. The van der Waals surface area contributed by atoms with Crippen molar-refractivity contribution < 1.29 is 4.79 Å². The Morgan fingerprint density at radius 2 is 2.50 bits per heavy atom. The van der Waals surface area contributed by atoms with Crippen LogP contribution in [0.2, 0.25) is 0 Å². The van der Waals surface area contributed by atoms with Gasteiger partial charge in [-0.25, -0.2) is 4.79 Å². The largest absolute Gasteiger partial charge is 0.349 e. The summed E-state index contributed by atoms with van der Waals surface area (Å²) in [6, 6.07) is -0.808. The Hall–Kier alpha value is -1.62. The molecule has 0 saturated carbocycles. The number of rotatable bonds is 2. The molecule has 0 atom stereocenters. The first-order valence-electron chi connectivity index (χ1n) is 1.62. The second kappa shape index (κ2) is 3.57. The Bertz CT molecular complexity index is 120. The first-order chi connectivity index (χ1) is 3.77.